The van der Waals surface area contributed by atoms with Gasteiger partial charge in [0.1, 0.15) is 0 Å². The molecule has 0 aromatic heterocycles. The van der Waals surface area contributed by atoms with Crippen molar-refractivity contribution in [3.05, 3.63) is 12.2 Å². The molecule has 3 heteroatoms. The van der Waals surface area contributed by atoms with E-state index in [9.17, 15) is 4.79 Å². The van der Waals surface area contributed by atoms with E-state index in [0.29, 0.717) is 5.92 Å². The van der Waals surface area contributed by atoms with Gasteiger partial charge < -0.3 is 11.5 Å². The molecule has 62 valence electrons. The molecule has 1 unspecified atom stereocenters. The maximum absolute atomic E-state index is 10.6. The van der Waals surface area contributed by atoms with Crippen molar-refractivity contribution in [3.8, 4) is 0 Å². The molecule has 1 atom stereocenters. The fourth-order valence-electron chi connectivity index (χ4n) is 1.34. The summed E-state index contributed by atoms with van der Waals surface area (Å²) >= 11 is 0. The average molecular weight is 154 g/mol. The van der Waals surface area contributed by atoms with Crippen molar-refractivity contribution in [2.75, 3.05) is 0 Å². The molecule has 1 aliphatic rings. The summed E-state index contributed by atoms with van der Waals surface area (Å²) in [4.78, 5) is 10.6. The second-order valence-electron chi connectivity index (χ2n) is 3.05. The topological polar surface area (TPSA) is 69.1 Å². The molecule has 0 bridgehead atoms. The molecular formula is C8H14N2O. The molecule has 1 aliphatic carbocycles. The van der Waals surface area contributed by atoms with Crippen LogP contribution in [0.5, 0.6) is 0 Å². The summed E-state index contributed by atoms with van der Waals surface area (Å²) in [6, 6.07) is -0.458. The van der Waals surface area contributed by atoms with Crippen LogP contribution in [0.3, 0.4) is 0 Å². The van der Waals surface area contributed by atoms with E-state index in [1.807, 2.05) is 0 Å². The molecule has 0 aromatic carbocycles. The second kappa shape index (κ2) is 3.53. The first-order valence-corrected chi connectivity index (χ1v) is 3.90. The minimum Gasteiger partial charge on any atom is -0.368 e. The first kappa shape index (κ1) is 8.27. The number of allylic oxidation sites excluding steroid dienone is 2. The molecule has 0 heterocycles. The first-order valence-electron chi connectivity index (χ1n) is 3.90. The SMILES string of the molecule is NC(=O)C(N)CC1CC=CC1. The van der Waals surface area contributed by atoms with Gasteiger partial charge in [0.25, 0.3) is 0 Å². The Kier molecular flexibility index (Phi) is 2.65. The van der Waals surface area contributed by atoms with Crippen LogP contribution in [0.25, 0.3) is 0 Å². The van der Waals surface area contributed by atoms with Crippen LogP contribution in [0.15, 0.2) is 12.2 Å². The van der Waals surface area contributed by atoms with Crippen molar-refractivity contribution in [2.45, 2.75) is 25.3 Å². The average Bonchev–Trinajstić information content (AvgIpc) is 2.39. The normalized spacial score (nSPS) is 20.5. The van der Waals surface area contributed by atoms with Gasteiger partial charge in [0, 0.05) is 0 Å². The van der Waals surface area contributed by atoms with E-state index >= 15 is 0 Å². The third kappa shape index (κ3) is 2.35. The lowest BCUT2D eigenvalue weighted by Gasteiger charge is -2.12. The summed E-state index contributed by atoms with van der Waals surface area (Å²) in [5.74, 6) is 0.148. The molecule has 0 aromatic rings. The zero-order valence-corrected chi connectivity index (χ0v) is 6.49. The van der Waals surface area contributed by atoms with Crippen molar-refractivity contribution in [2.24, 2.45) is 17.4 Å². The summed E-state index contributed by atoms with van der Waals surface area (Å²) in [5, 5.41) is 0. The Bertz CT molecular complexity index is 169. The van der Waals surface area contributed by atoms with E-state index in [1.54, 1.807) is 0 Å². The van der Waals surface area contributed by atoms with Gasteiger partial charge in [-0.05, 0) is 25.2 Å². The van der Waals surface area contributed by atoms with Gasteiger partial charge in [-0.3, -0.25) is 4.79 Å². The van der Waals surface area contributed by atoms with Gasteiger partial charge in [-0.1, -0.05) is 12.2 Å². The number of nitrogens with two attached hydrogens (primary N) is 2. The Hall–Kier alpha value is -0.830. The van der Waals surface area contributed by atoms with Crippen LogP contribution >= 0.6 is 0 Å². The quantitative estimate of drug-likeness (QED) is 0.568. The predicted octanol–water partition coefficient (Wildman–Crippen LogP) is 0.155. The predicted molar refractivity (Wildman–Crippen MR) is 43.7 cm³/mol. The Morgan fingerprint density at radius 3 is 2.55 bits per heavy atom. The molecule has 4 N–H and O–H groups in total. The fraction of sp³-hybridized carbons (Fsp3) is 0.625. The van der Waals surface area contributed by atoms with Crippen LogP contribution in [0.4, 0.5) is 0 Å². The van der Waals surface area contributed by atoms with E-state index in [2.05, 4.69) is 12.2 Å². The molecule has 0 fully saturated rings. The lowest BCUT2D eigenvalue weighted by atomic mass is 9.98. The summed E-state index contributed by atoms with van der Waals surface area (Å²) in [6.45, 7) is 0. The smallest absolute Gasteiger partial charge is 0.234 e. The largest absolute Gasteiger partial charge is 0.368 e. The van der Waals surface area contributed by atoms with Crippen LogP contribution < -0.4 is 11.5 Å². The summed E-state index contributed by atoms with van der Waals surface area (Å²) in [6.07, 6.45) is 7.06. The van der Waals surface area contributed by atoms with E-state index in [-0.39, 0.29) is 0 Å². The molecule has 0 radical (unpaired) electrons. The second-order valence-corrected chi connectivity index (χ2v) is 3.05. The molecule has 0 saturated carbocycles. The highest BCUT2D eigenvalue weighted by Gasteiger charge is 2.17. The third-order valence-corrected chi connectivity index (χ3v) is 2.06. The van der Waals surface area contributed by atoms with Crippen LogP contribution in [0.1, 0.15) is 19.3 Å². The van der Waals surface area contributed by atoms with Crippen LogP contribution in [-0.4, -0.2) is 11.9 Å². The van der Waals surface area contributed by atoms with E-state index in [4.69, 9.17) is 11.5 Å². The maximum Gasteiger partial charge on any atom is 0.234 e. The number of carbonyl (C=O) groups is 1. The molecule has 3 nitrogen and oxygen atoms in total. The highest BCUT2D eigenvalue weighted by molar-refractivity contribution is 5.79. The number of rotatable bonds is 3. The molecule has 0 aliphatic heterocycles. The molecule has 0 spiro atoms. The van der Waals surface area contributed by atoms with Crippen molar-refractivity contribution in [1.82, 2.24) is 0 Å². The number of hydrogen-bond acceptors (Lipinski definition) is 2. The lowest BCUT2D eigenvalue weighted by Crippen LogP contribution is -2.37. The number of carbonyl (C=O) groups excluding carboxylic acids is 1. The standard InChI is InChI=1S/C8H14N2O/c9-7(8(10)11)5-6-3-1-2-4-6/h1-2,6-7H,3-5,9H2,(H2,10,11). The Morgan fingerprint density at radius 2 is 2.09 bits per heavy atom. The Labute approximate surface area is 66.4 Å². The Morgan fingerprint density at radius 1 is 1.55 bits per heavy atom. The van der Waals surface area contributed by atoms with Crippen molar-refractivity contribution >= 4 is 5.91 Å². The fourth-order valence-corrected chi connectivity index (χ4v) is 1.34. The molecule has 1 amide bonds. The minimum atomic E-state index is -0.458. The summed E-state index contributed by atoms with van der Waals surface area (Å²) in [5.41, 5.74) is 10.5. The zero-order valence-electron chi connectivity index (χ0n) is 6.49. The first-order chi connectivity index (χ1) is 5.20. The summed E-state index contributed by atoms with van der Waals surface area (Å²) < 4.78 is 0. The van der Waals surface area contributed by atoms with Crippen LogP contribution in [0.2, 0.25) is 0 Å². The van der Waals surface area contributed by atoms with Crippen molar-refractivity contribution in [1.29, 1.82) is 0 Å². The van der Waals surface area contributed by atoms with Crippen molar-refractivity contribution in [3.63, 3.8) is 0 Å². The van der Waals surface area contributed by atoms with Gasteiger partial charge >= 0.3 is 0 Å². The van der Waals surface area contributed by atoms with E-state index in [0.717, 1.165) is 19.3 Å². The van der Waals surface area contributed by atoms with Crippen LogP contribution in [0, 0.1) is 5.92 Å². The van der Waals surface area contributed by atoms with Gasteiger partial charge in [0.05, 0.1) is 6.04 Å². The number of primary amides is 1. The van der Waals surface area contributed by atoms with E-state index < -0.39 is 11.9 Å². The van der Waals surface area contributed by atoms with Gasteiger partial charge in [-0.2, -0.15) is 0 Å². The van der Waals surface area contributed by atoms with Gasteiger partial charge in [0.15, 0.2) is 0 Å². The molecule has 0 saturated heterocycles. The van der Waals surface area contributed by atoms with E-state index in [1.165, 1.54) is 0 Å². The van der Waals surface area contributed by atoms with Gasteiger partial charge in [-0.15, -0.1) is 0 Å². The van der Waals surface area contributed by atoms with Gasteiger partial charge in [-0.25, -0.2) is 0 Å². The number of hydrogen-bond donors (Lipinski definition) is 2. The minimum absolute atomic E-state index is 0.392. The summed E-state index contributed by atoms with van der Waals surface area (Å²) in [7, 11) is 0. The Balaban J connectivity index is 2.25. The highest BCUT2D eigenvalue weighted by Crippen LogP contribution is 2.21. The van der Waals surface area contributed by atoms with Gasteiger partial charge in [0.2, 0.25) is 5.91 Å². The third-order valence-electron chi connectivity index (χ3n) is 2.06. The van der Waals surface area contributed by atoms with Crippen molar-refractivity contribution < 1.29 is 4.79 Å². The maximum atomic E-state index is 10.6. The monoisotopic (exact) mass is 154 g/mol. The van der Waals surface area contributed by atoms with Crippen LogP contribution in [-0.2, 0) is 4.79 Å². The molecular weight excluding hydrogens is 140 g/mol. The zero-order chi connectivity index (χ0) is 8.27. The number of amides is 1. The molecule has 11 heavy (non-hydrogen) atoms. The lowest BCUT2D eigenvalue weighted by molar-refractivity contribution is -0.119. The molecule has 1 rings (SSSR count). The highest BCUT2D eigenvalue weighted by atomic mass is 16.1.